The minimum absolute atomic E-state index is 0.0206. The fourth-order valence-corrected chi connectivity index (χ4v) is 4.70. The van der Waals surface area contributed by atoms with Crippen LogP contribution in [0.25, 0.3) is 0 Å². The second-order valence-corrected chi connectivity index (χ2v) is 7.66. The summed E-state index contributed by atoms with van der Waals surface area (Å²) in [6.07, 6.45) is 1.90. The quantitative estimate of drug-likeness (QED) is 0.766. The molecule has 2 aromatic rings. The number of hydrogen-bond acceptors (Lipinski definition) is 6. The number of anilines is 1. The van der Waals surface area contributed by atoms with Gasteiger partial charge in [-0.25, -0.2) is 0 Å². The van der Waals surface area contributed by atoms with Crippen molar-refractivity contribution in [1.29, 1.82) is 5.26 Å². The van der Waals surface area contributed by atoms with Crippen molar-refractivity contribution >= 4 is 16.5 Å². The second kappa shape index (κ2) is 5.69. The van der Waals surface area contributed by atoms with Crippen molar-refractivity contribution in [3.8, 4) is 17.6 Å². The highest BCUT2D eigenvalue weighted by Gasteiger charge is 2.38. The SMILES string of the molecule is N#Cc1ccc(Oc2ccc3c(c2)S(O)(O)NC2CCCN32)cc1. The standard InChI is InChI=1S/C17H17N3O3S/c18-11-12-3-5-13(6-4-12)23-14-7-8-15-16(10-14)24(21,22)19-17-2-1-9-20(15)17/h3-8,10,17,19,21-22H,1-2,9H2. The first-order valence-electron chi connectivity index (χ1n) is 7.71. The molecule has 2 heterocycles. The molecule has 24 heavy (non-hydrogen) atoms. The van der Waals surface area contributed by atoms with Crippen molar-refractivity contribution in [3.05, 3.63) is 48.0 Å². The number of nitrogens with one attached hydrogen (secondary N) is 1. The molecular formula is C17H17N3O3S. The van der Waals surface area contributed by atoms with Gasteiger partial charge in [-0.1, -0.05) is 0 Å². The summed E-state index contributed by atoms with van der Waals surface area (Å²) in [5, 5.41) is 8.83. The van der Waals surface area contributed by atoms with Gasteiger partial charge in [-0.3, -0.25) is 9.11 Å². The summed E-state index contributed by atoms with van der Waals surface area (Å²) in [5.41, 5.74) is 1.41. The van der Waals surface area contributed by atoms with E-state index < -0.39 is 10.8 Å². The van der Waals surface area contributed by atoms with Crippen molar-refractivity contribution in [3.63, 3.8) is 0 Å². The average Bonchev–Trinajstić information content (AvgIpc) is 3.03. The second-order valence-electron chi connectivity index (χ2n) is 5.89. The van der Waals surface area contributed by atoms with E-state index in [0.29, 0.717) is 22.0 Å². The lowest BCUT2D eigenvalue weighted by atomic mass is 10.2. The summed E-state index contributed by atoms with van der Waals surface area (Å²) in [7, 11) is -3.04. The van der Waals surface area contributed by atoms with Crippen LogP contribution >= 0.6 is 10.8 Å². The Labute approximate surface area is 141 Å². The third-order valence-corrected chi connectivity index (χ3v) is 5.86. The Bertz CT molecular complexity index is 817. The molecule has 0 saturated carbocycles. The van der Waals surface area contributed by atoms with Crippen molar-refractivity contribution in [2.45, 2.75) is 23.9 Å². The molecule has 0 bridgehead atoms. The Morgan fingerprint density at radius 1 is 1.17 bits per heavy atom. The van der Waals surface area contributed by atoms with Crippen LogP contribution in [0.1, 0.15) is 18.4 Å². The molecule has 2 aliphatic rings. The molecular weight excluding hydrogens is 326 g/mol. The predicted molar refractivity (Wildman–Crippen MR) is 92.3 cm³/mol. The zero-order valence-electron chi connectivity index (χ0n) is 12.8. The maximum Gasteiger partial charge on any atom is 0.129 e. The molecule has 0 spiro atoms. The van der Waals surface area contributed by atoms with Crippen LogP contribution in [-0.2, 0) is 0 Å². The highest BCUT2D eigenvalue weighted by atomic mass is 32.3. The van der Waals surface area contributed by atoms with Gasteiger partial charge in [0.05, 0.1) is 23.5 Å². The van der Waals surface area contributed by atoms with E-state index in [2.05, 4.69) is 15.7 Å². The molecule has 1 atom stereocenters. The highest BCUT2D eigenvalue weighted by molar-refractivity contribution is 8.22. The van der Waals surface area contributed by atoms with Gasteiger partial charge in [0.15, 0.2) is 0 Å². The van der Waals surface area contributed by atoms with Gasteiger partial charge in [-0.15, -0.1) is 10.8 Å². The van der Waals surface area contributed by atoms with Crippen LogP contribution in [0, 0.1) is 11.3 Å². The molecule has 0 aliphatic carbocycles. The lowest BCUT2D eigenvalue weighted by molar-refractivity contribution is 0.440. The first kappa shape index (κ1) is 15.3. The monoisotopic (exact) mass is 343 g/mol. The van der Waals surface area contributed by atoms with Gasteiger partial charge in [-0.2, -0.15) is 9.98 Å². The number of benzene rings is 2. The van der Waals surface area contributed by atoms with Crippen molar-refractivity contribution in [2.75, 3.05) is 11.4 Å². The molecule has 4 rings (SSSR count). The van der Waals surface area contributed by atoms with Crippen LogP contribution in [-0.4, -0.2) is 21.8 Å². The zero-order chi connectivity index (χ0) is 16.7. The third kappa shape index (κ3) is 2.60. The topological polar surface area (TPSA) is 88.8 Å². The summed E-state index contributed by atoms with van der Waals surface area (Å²) >= 11 is 0. The minimum atomic E-state index is -3.04. The van der Waals surface area contributed by atoms with Crippen LogP contribution < -0.4 is 14.4 Å². The molecule has 7 heteroatoms. The Balaban J connectivity index is 1.66. The van der Waals surface area contributed by atoms with Crippen LogP contribution in [0.15, 0.2) is 47.4 Å². The smallest absolute Gasteiger partial charge is 0.129 e. The van der Waals surface area contributed by atoms with Gasteiger partial charge >= 0.3 is 0 Å². The van der Waals surface area contributed by atoms with Gasteiger partial charge in [0.1, 0.15) is 16.4 Å². The number of ether oxygens (including phenoxy) is 1. The molecule has 2 aromatic carbocycles. The maximum absolute atomic E-state index is 10.4. The van der Waals surface area contributed by atoms with E-state index in [-0.39, 0.29) is 6.17 Å². The molecule has 0 aromatic heterocycles. The number of fused-ring (bicyclic) bond motifs is 3. The average molecular weight is 343 g/mol. The van der Waals surface area contributed by atoms with Crippen LogP contribution in [0.5, 0.6) is 11.5 Å². The molecule has 2 aliphatic heterocycles. The van der Waals surface area contributed by atoms with Crippen molar-refractivity contribution in [2.24, 2.45) is 0 Å². The van der Waals surface area contributed by atoms with Crippen molar-refractivity contribution < 1.29 is 13.8 Å². The molecule has 1 unspecified atom stereocenters. The Hall–Kier alpha value is -2.24. The number of nitriles is 1. The lowest BCUT2D eigenvalue weighted by Gasteiger charge is -2.46. The van der Waals surface area contributed by atoms with Gasteiger partial charge in [0, 0.05) is 12.6 Å². The lowest BCUT2D eigenvalue weighted by Crippen LogP contribution is -2.46. The van der Waals surface area contributed by atoms with E-state index in [1.54, 1.807) is 30.3 Å². The van der Waals surface area contributed by atoms with E-state index in [4.69, 9.17) is 10.00 Å². The minimum Gasteiger partial charge on any atom is -0.457 e. The van der Waals surface area contributed by atoms with E-state index in [0.717, 1.165) is 25.1 Å². The fourth-order valence-electron chi connectivity index (χ4n) is 3.19. The van der Waals surface area contributed by atoms with Gasteiger partial charge in [-0.05, 0) is 49.2 Å². The van der Waals surface area contributed by atoms with E-state index in [1.807, 2.05) is 12.1 Å². The molecule has 124 valence electrons. The Kier molecular flexibility index (Phi) is 3.62. The van der Waals surface area contributed by atoms with Crippen LogP contribution in [0.2, 0.25) is 0 Å². The molecule has 1 saturated heterocycles. The molecule has 0 radical (unpaired) electrons. The van der Waals surface area contributed by atoms with Gasteiger partial charge in [0.25, 0.3) is 0 Å². The highest BCUT2D eigenvalue weighted by Crippen LogP contribution is 2.55. The van der Waals surface area contributed by atoms with E-state index >= 15 is 0 Å². The van der Waals surface area contributed by atoms with Crippen LogP contribution in [0.4, 0.5) is 5.69 Å². The third-order valence-electron chi connectivity index (χ3n) is 4.32. The first-order chi connectivity index (χ1) is 11.6. The maximum atomic E-state index is 10.4. The summed E-state index contributed by atoms with van der Waals surface area (Å²) < 4.78 is 29.6. The van der Waals surface area contributed by atoms with E-state index in [9.17, 15) is 9.11 Å². The normalized spacial score (nSPS) is 22.2. The Morgan fingerprint density at radius 2 is 1.92 bits per heavy atom. The number of rotatable bonds is 2. The van der Waals surface area contributed by atoms with Crippen molar-refractivity contribution in [1.82, 2.24) is 4.72 Å². The molecule has 3 N–H and O–H groups in total. The summed E-state index contributed by atoms with van der Waals surface area (Å²) in [5.74, 6) is 1.12. The number of hydrogen-bond donors (Lipinski definition) is 3. The molecule has 0 amide bonds. The summed E-state index contributed by atoms with van der Waals surface area (Å²) in [6, 6.07) is 14.2. The summed E-state index contributed by atoms with van der Waals surface area (Å²) in [6.45, 7) is 0.899. The summed E-state index contributed by atoms with van der Waals surface area (Å²) in [4.78, 5) is 2.63. The predicted octanol–water partition coefficient (Wildman–Crippen LogP) is 3.90. The van der Waals surface area contributed by atoms with E-state index in [1.165, 1.54) is 0 Å². The van der Waals surface area contributed by atoms with Crippen LogP contribution in [0.3, 0.4) is 0 Å². The fraction of sp³-hybridized carbons (Fsp3) is 0.235. The largest absolute Gasteiger partial charge is 0.457 e. The zero-order valence-corrected chi connectivity index (χ0v) is 13.7. The molecule has 1 fully saturated rings. The Morgan fingerprint density at radius 3 is 2.67 bits per heavy atom. The first-order valence-corrected chi connectivity index (χ1v) is 9.26. The molecule has 6 nitrogen and oxygen atoms in total. The van der Waals surface area contributed by atoms with Gasteiger partial charge in [0.2, 0.25) is 0 Å². The number of nitrogens with zero attached hydrogens (tertiary/aromatic N) is 2. The van der Waals surface area contributed by atoms with Gasteiger partial charge < -0.3 is 9.64 Å².